The van der Waals surface area contributed by atoms with Crippen molar-refractivity contribution in [2.75, 3.05) is 13.7 Å². The number of nitro benzene ring substituents is 1. The Hall–Kier alpha value is -3.62. The molecule has 1 amide bonds. The van der Waals surface area contributed by atoms with Crippen LogP contribution in [-0.2, 0) is 4.79 Å². The Balaban J connectivity index is 1.94. The third kappa shape index (κ3) is 5.93. The molecule has 0 radical (unpaired) electrons. The van der Waals surface area contributed by atoms with Gasteiger partial charge in [-0.1, -0.05) is 31.7 Å². The Morgan fingerprint density at radius 3 is 2.59 bits per heavy atom. The van der Waals surface area contributed by atoms with Crippen LogP contribution < -0.4 is 20.0 Å². The first-order valence-corrected chi connectivity index (χ1v) is 8.93. The van der Waals surface area contributed by atoms with E-state index in [-0.39, 0.29) is 23.6 Å². The number of carbonyl (C=O) groups excluding carboxylic acids is 1. The van der Waals surface area contributed by atoms with Crippen LogP contribution in [-0.4, -0.2) is 30.8 Å². The second-order valence-electron chi connectivity index (χ2n) is 6.28. The molecule has 0 unspecified atom stereocenters. The smallest absolute Gasteiger partial charge is 0.277 e. The zero-order chi connectivity index (χ0) is 21.4. The number of benzene rings is 2. The summed E-state index contributed by atoms with van der Waals surface area (Å²) in [6.07, 6.45) is 2.05. The number of nitrogens with zero attached hydrogens (tertiary/aromatic N) is 2. The average molecular weight is 400 g/mol. The molecule has 0 saturated heterocycles. The minimum atomic E-state index is -0.655. The molecule has 0 aliphatic rings. The molecular weight excluding hydrogens is 378 g/mol. The Morgan fingerprint density at radius 1 is 1.31 bits per heavy atom. The number of rotatable bonds is 9. The summed E-state index contributed by atoms with van der Waals surface area (Å²) in [7, 11) is 1.23. The zero-order valence-electron chi connectivity index (χ0n) is 16.4. The van der Waals surface area contributed by atoms with Gasteiger partial charge in [-0.25, -0.2) is 5.43 Å². The Bertz CT molecular complexity index is 896. The van der Waals surface area contributed by atoms with Crippen LogP contribution in [0.5, 0.6) is 17.2 Å². The molecule has 9 nitrogen and oxygen atoms in total. The van der Waals surface area contributed by atoms with Crippen molar-refractivity contribution in [3.8, 4) is 17.2 Å². The summed E-state index contributed by atoms with van der Waals surface area (Å²) < 4.78 is 10.2. The van der Waals surface area contributed by atoms with Gasteiger partial charge >= 0.3 is 0 Å². The number of hydrazone groups is 1. The highest BCUT2D eigenvalue weighted by atomic mass is 16.6. The minimum Gasteiger partial charge on any atom is -0.870 e. The fourth-order valence-electron chi connectivity index (χ4n) is 2.44. The van der Waals surface area contributed by atoms with E-state index in [2.05, 4.69) is 24.4 Å². The maximum atomic E-state index is 12.1. The van der Waals surface area contributed by atoms with Crippen molar-refractivity contribution < 1.29 is 24.3 Å². The van der Waals surface area contributed by atoms with Gasteiger partial charge in [-0.05, 0) is 35.6 Å². The van der Waals surface area contributed by atoms with Crippen LogP contribution in [0, 0.1) is 10.1 Å². The molecule has 0 spiro atoms. The summed E-state index contributed by atoms with van der Waals surface area (Å²) in [6.45, 7) is 3.97. The SMILES string of the molecule is CC[C@H](C)c1ccc(OCC(=O)N/N=C\c2cc([N+](=O)[O-])cc(OC)c2[O-])cc1. The maximum absolute atomic E-state index is 12.1. The molecule has 0 aliphatic carbocycles. The largest absolute Gasteiger partial charge is 0.870 e. The third-order valence-electron chi connectivity index (χ3n) is 4.32. The quantitative estimate of drug-likeness (QED) is 0.392. The number of nitrogens with one attached hydrogen (secondary N) is 1. The highest BCUT2D eigenvalue weighted by Gasteiger charge is 2.11. The van der Waals surface area contributed by atoms with E-state index in [1.165, 1.54) is 12.7 Å². The number of ether oxygens (including phenoxy) is 2. The van der Waals surface area contributed by atoms with Crippen molar-refractivity contribution >= 4 is 17.8 Å². The van der Waals surface area contributed by atoms with Gasteiger partial charge in [0.15, 0.2) is 6.61 Å². The lowest BCUT2D eigenvalue weighted by molar-refractivity contribution is -0.385. The van der Waals surface area contributed by atoms with Gasteiger partial charge in [0, 0.05) is 6.07 Å². The lowest BCUT2D eigenvalue weighted by Gasteiger charge is -2.14. The van der Waals surface area contributed by atoms with Crippen molar-refractivity contribution in [2.45, 2.75) is 26.2 Å². The molecule has 154 valence electrons. The maximum Gasteiger partial charge on any atom is 0.277 e. The molecule has 9 heteroatoms. The van der Waals surface area contributed by atoms with Crippen LogP contribution in [0.3, 0.4) is 0 Å². The summed E-state index contributed by atoms with van der Waals surface area (Å²) in [5.74, 6) is -0.316. The molecule has 2 rings (SSSR count). The van der Waals surface area contributed by atoms with Crippen molar-refractivity contribution in [3.63, 3.8) is 0 Å². The van der Waals surface area contributed by atoms with E-state index in [0.29, 0.717) is 11.7 Å². The fourth-order valence-corrected chi connectivity index (χ4v) is 2.44. The average Bonchev–Trinajstić information content (AvgIpc) is 2.73. The minimum absolute atomic E-state index is 0.0853. The van der Waals surface area contributed by atoms with E-state index >= 15 is 0 Å². The molecule has 2 aromatic carbocycles. The van der Waals surface area contributed by atoms with Gasteiger partial charge in [0.2, 0.25) is 0 Å². The summed E-state index contributed by atoms with van der Waals surface area (Å²) in [4.78, 5) is 22.1. The summed E-state index contributed by atoms with van der Waals surface area (Å²) in [5.41, 5.74) is 2.99. The predicted molar refractivity (Wildman–Crippen MR) is 105 cm³/mol. The summed E-state index contributed by atoms with van der Waals surface area (Å²) >= 11 is 0. The molecule has 0 saturated carbocycles. The Kier molecular flexibility index (Phi) is 7.53. The predicted octanol–water partition coefficient (Wildman–Crippen LogP) is 2.72. The molecule has 2 aromatic rings. The molecule has 1 atom stereocenters. The van der Waals surface area contributed by atoms with E-state index in [9.17, 15) is 20.0 Å². The highest BCUT2D eigenvalue weighted by Crippen LogP contribution is 2.31. The van der Waals surface area contributed by atoms with Crippen LogP contribution in [0.1, 0.15) is 37.3 Å². The molecule has 1 N–H and O–H groups in total. The van der Waals surface area contributed by atoms with Crippen molar-refractivity contribution in [3.05, 3.63) is 57.6 Å². The second kappa shape index (κ2) is 10.1. The number of hydrogen-bond acceptors (Lipinski definition) is 7. The van der Waals surface area contributed by atoms with Crippen LogP contribution in [0.4, 0.5) is 5.69 Å². The van der Waals surface area contributed by atoms with Gasteiger partial charge in [0.05, 0.1) is 24.3 Å². The van der Waals surface area contributed by atoms with E-state index in [1.807, 2.05) is 12.1 Å². The van der Waals surface area contributed by atoms with Crippen LogP contribution in [0.2, 0.25) is 0 Å². The normalized spacial score (nSPS) is 11.8. The van der Waals surface area contributed by atoms with Gasteiger partial charge in [-0.3, -0.25) is 14.9 Å². The summed E-state index contributed by atoms with van der Waals surface area (Å²) in [5, 5.41) is 26.7. The highest BCUT2D eigenvalue weighted by molar-refractivity contribution is 5.87. The lowest BCUT2D eigenvalue weighted by atomic mass is 9.99. The van der Waals surface area contributed by atoms with E-state index < -0.39 is 16.6 Å². The van der Waals surface area contributed by atoms with Gasteiger partial charge < -0.3 is 14.6 Å². The number of non-ortho nitro benzene ring substituents is 1. The number of hydrogen-bond donors (Lipinski definition) is 1. The first kappa shape index (κ1) is 21.7. The molecular formula is C20H22N3O6-. The molecule has 0 aliphatic heterocycles. The van der Waals surface area contributed by atoms with Crippen molar-refractivity contribution in [2.24, 2.45) is 5.10 Å². The van der Waals surface area contributed by atoms with Crippen LogP contribution in [0.25, 0.3) is 0 Å². The fraction of sp³-hybridized carbons (Fsp3) is 0.300. The molecule has 0 bridgehead atoms. The van der Waals surface area contributed by atoms with Gasteiger partial charge in [0.25, 0.3) is 11.6 Å². The summed E-state index contributed by atoms with van der Waals surface area (Å²) in [6, 6.07) is 9.55. The Morgan fingerprint density at radius 2 is 2.00 bits per heavy atom. The van der Waals surface area contributed by atoms with E-state index in [0.717, 1.165) is 24.8 Å². The van der Waals surface area contributed by atoms with Gasteiger partial charge in [-0.15, -0.1) is 0 Å². The van der Waals surface area contributed by atoms with E-state index in [4.69, 9.17) is 9.47 Å². The topological polar surface area (TPSA) is 126 Å². The number of carbonyl (C=O) groups is 1. The number of methoxy groups -OCH3 is 1. The Labute approximate surface area is 168 Å². The first-order valence-electron chi connectivity index (χ1n) is 8.93. The monoisotopic (exact) mass is 400 g/mol. The van der Waals surface area contributed by atoms with Crippen molar-refractivity contribution in [1.29, 1.82) is 0 Å². The molecule has 0 aromatic heterocycles. The molecule has 29 heavy (non-hydrogen) atoms. The lowest BCUT2D eigenvalue weighted by Crippen LogP contribution is -2.24. The number of amides is 1. The van der Waals surface area contributed by atoms with Gasteiger partial charge in [0.1, 0.15) is 11.5 Å². The molecule has 0 fully saturated rings. The zero-order valence-corrected chi connectivity index (χ0v) is 16.4. The first-order chi connectivity index (χ1) is 13.8. The van der Waals surface area contributed by atoms with Crippen LogP contribution >= 0.6 is 0 Å². The standard InChI is InChI=1S/C20H23N3O6/c1-4-13(2)14-5-7-17(8-6-14)29-12-19(24)22-21-11-15-9-16(23(26)27)10-18(28-3)20(15)25/h5-11,13,25H,4,12H2,1-3H3,(H,22,24)/p-1/b21-11-/t13-/m0/s1. The second-order valence-corrected chi connectivity index (χ2v) is 6.28. The van der Waals surface area contributed by atoms with Crippen molar-refractivity contribution in [1.82, 2.24) is 5.43 Å². The molecule has 0 heterocycles. The third-order valence-corrected chi connectivity index (χ3v) is 4.32. The van der Waals surface area contributed by atoms with E-state index in [1.54, 1.807) is 12.1 Å². The van der Waals surface area contributed by atoms with Crippen LogP contribution in [0.15, 0.2) is 41.5 Å². The number of nitro groups is 1. The van der Waals surface area contributed by atoms with Gasteiger partial charge in [-0.2, -0.15) is 5.10 Å².